The summed E-state index contributed by atoms with van der Waals surface area (Å²) in [4.78, 5) is 31.5. The Balaban J connectivity index is 1.29. The number of anilines is 1. The summed E-state index contributed by atoms with van der Waals surface area (Å²) >= 11 is 0. The smallest absolute Gasteiger partial charge is 0.383 e. The number of aromatic nitrogens is 5. The first-order chi connectivity index (χ1) is 19.2. The molecule has 0 aliphatic heterocycles. The first-order valence-corrected chi connectivity index (χ1v) is 12.0. The molecule has 0 bridgehead atoms. The number of rotatable bonds is 6. The number of halogens is 8. The summed E-state index contributed by atoms with van der Waals surface area (Å²) in [6, 6.07) is 2.43. The van der Waals surface area contributed by atoms with E-state index in [1.165, 1.54) is 16.8 Å². The third kappa shape index (κ3) is 5.50. The van der Waals surface area contributed by atoms with E-state index in [1.807, 2.05) is 0 Å². The van der Waals surface area contributed by atoms with Crippen molar-refractivity contribution in [2.24, 2.45) is 11.8 Å². The molecule has 0 amide bonds. The number of hydrogen-bond acceptors (Lipinski definition) is 6. The Hall–Kier alpha value is -4.37. The molecular weight excluding hydrogens is 568 g/mol. The average molecular weight is 586 g/mol. The molecule has 8 nitrogen and oxygen atoms in total. The van der Waals surface area contributed by atoms with Crippen LogP contribution in [0, 0.1) is 23.5 Å². The van der Waals surface area contributed by atoms with Crippen LogP contribution in [0.3, 0.4) is 0 Å². The molecule has 3 heterocycles. The van der Waals surface area contributed by atoms with Crippen molar-refractivity contribution < 1.29 is 35.1 Å². The van der Waals surface area contributed by atoms with Crippen molar-refractivity contribution in [1.82, 2.24) is 24.7 Å². The summed E-state index contributed by atoms with van der Waals surface area (Å²) in [7, 11) is 0. The van der Waals surface area contributed by atoms with Crippen LogP contribution in [0.4, 0.5) is 40.8 Å². The molecule has 0 unspecified atom stereocenters. The Labute approximate surface area is 224 Å². The van der Waals surface area contributed by atoms with E-state index >= 15 is 4.39 Å². The van der Waals surface area contributed by atoms with Crippen LogP contribution in [0.2, 0.25) is 0 Å². The molecule has 2 N–H and O–H groups in total. The van der Waals surface area contributed by atoms with E-state index < -0.39 is 68.7 Å². The fourth-order valence-electron chi connectivity index (χ4n) is 4.83. The second kappa shape index (κ2) is 10.2. The average Bonchev–Trinajstić information content (AvgIpc) is 2.87. The lowest BCUT2D eigenvalue weighted by Gasteiger charge is -2.36. The molecule has 4 aromatic rings. The van der Waals surface area contributed by atoms with Crippen molar-refractivity contribution in [3.8, 4) is 11.4 Å². The van der Waals surface area contributed by atoms with Gasteiger partial charge in [-0.2, -0.15) is 31.4 Å². The van der Waals surface area contributed by atoms with Gasteiger partial charge in [0, 0.05) is 31.7 Å². The molecule has 0 atom stereocenters. The van der Waals surface area contributed by atoms with Gasteiger partial charge in [0.05, 0.1) is 28.4 Å². The van der Waals surface area contributed by atoms with Crippen LogP contribution in [0.25, 0.3) is 22.2 Å². The van der Waals surface area contributed by atoms with Gasteiger partial charge < -0.3 is 9.88 Å². The fraction of sp³-hybridized carbons (Fsp3) is 0.320. The molecule has 1 fully saturated rings. The predicted molar refractivity (Wildman–Crippen MR) is 129 cm³/mol. The molecule has 1 saturated carbocycles. The van der Waals surface area contributed by atoms with Crippen LogP contribution in [0.1, 0.15) is 24.0 Å². The highest BCUT2D eigenvalue weighted by Gasteiger charge is 2.38. The van der Waals surface area contributed by atoms with Crippen molar-refractivity contribution in [2.45, 2.75) is 31.7 Å². The van der Waals surface area contributed by atoms with Crippen LogP contribution >= 0.6 is 0 Å². The second-order valence-corrected chi connectivity index (χ2v) is 9.65. The Morgan fingerprint density at radius 1 is 0.951 bits per heavy atom. The van der Waals surface area contributed by atoms with Gasteiger partial charge in [0.15, 0.2) is 17.5 Å². The van der Waals surface area contributed by atoms with Gasteiger partial charge in [0.2, 0.25) is 0 Å². The van der Waals surface area contributed by atoms with Crippen molar-refractivity contribution in [3.05, 3.63) is 80.4 Å². The van der Waals surface area contributed by atoms with E-state index in [-0.39, 0.29) is 30.3 Å². The van der Waals surface area contributed by atoms with E-state index in [2.05, 4.69) is 20.4 Å². The maximum absolute atomic E-state index is 15.0. The summed E-state index contributed by atoms with van der Waals surface area (Å²) in [5.74, 6) is -3.63. The van der Waals surface area contributed by atoms with E-state index in [0.29, 0.717) is 25.2 Å². The zero-order valence-electron chi connectivity index (χ0n) is 20.6. The third-order valence-electron chi connectivity index (χ3n) is 6.88. The minimum atomic E-state index is -4.88. The summed E-state index contributed by atoms with van der Waals surface area (Å²) in [6.07, 6.45) is -5.46. The predicted octanol–water partition coefficient (Wildman–Crippen LogP) is 5.00. The van der Waals surface area contributed by atoms with Gasteiger partial charge in [-0.25, -0.2) is 23.8 Å². The molecule has 16 heteroatoms. The molecule has 1 aliphatic carbocycles. The Kier molecular flexibility index (Phi) is 7.03. The van der Waals surface area contributed by atoms with E-state index in [0.717, 1.165) is 12.3 Å². The Morgan fingerprint density at radius 3 is 2.27 bits per heavy atom. The van der Waals surface area contributed by atoms with Gasteiger partial charge >= 0.3 is 12.4 Å². The molecule has 1 aliphatic rings. The number of fused-ring (bicyclic) bond motifs is 1. The van der Waals surface area contributed by atoms with E-state index in [9.17, 15) is 40.3 Å². The highest BCUT2D eigenvalue weighted by atomic mass is 19.4. The number of H-pyrrole nitrogens is 1. The number of benzene rings is 1. The number of nitrogens with one attached hydrogen (secondary N) is 2. The maximum Gasteiger partial charge on any atom is 0.423 e. The normalized spacial score (nSPS) is 17.5. The highest BCUT2D eigenvalue weighted by molar-refractivity contribution is 5.86. The number of alkyl halides is 6. The number of aromatic amines is 1. The summed E-state index contributed by atoms with van der Waals surface area (Å²) in [6.45, 7) is 0.252. The quantitative estimate of drug-likeness (QED) is 0.309. The second-order valence-electron chi connectivity index (χ2n) is 9.65. The van der Waals surface area contributed by atoms with Gasteiger partial charge in [-0.05, 0) is 42.2 Å². The summed E-state index contributed by atoms with van der Waals surface area (Å²) in [5, 5.41) is 7.17. The molecule has 0 radical (unpaired) electrons. The number of nitrogens with zero attached hydrogens (tertiary/aromatic N) is 4. The summed E-state index contributed by atoms with van der Waals surface area (Å²) in [5.41, 5.74) is -5.71. The lowest BCUT2D eigenvalue weighted by molar-refractivity contribution is -0.139. The Morgan fingerprint density at radius 2 is 1.63 bits per heavy atom. The van der Waals surface area contributed by atoms with Gasteiger partial charge in [-0.15, -0.1) is 0 Å². The molecule has 0 spiro atoms. The van der Waals surface area contributed by atoms with Crippen LogP contribution in [-0.2, 0) is 18.9 Å². The van der Waals surface area contributed by atoms with Gasteiger partial charge in [-0.1, -0.05) is 0 Å². The number of pyridine rings is 1. The van der Waals surface area contributed by atoms with E-state index in [1.54, 1.807) is 5.10 Å². The van der Waals surface area contributed by atoms with E-state index in [4.69, 9.17) is 0 Å². The topological polar surface area (TPSA) is 106 Å². The lowest BCUT2D eigenvalue weighted by Crippen LogP contribution is -2.35. The highest BCUT2D eigenvalue weighted by Crippen LogP contribution is 2.37. The minimum Gasteiger partial charge on any atom is -0.383 e. The fourth-order valence-corrected chi connectivity index (χ4v) is 4.83. The first-order valence-electron chi connectivity index (χ1n) is 12.0. The maximum atomic E-state index is 15.0. The van der Waals surface area contributed by atoms with Crippen molar-refractivity contribution in [2.75, 3.05) is 11.9 Å². The molecule has 41 heavy (non-hydrogen) atoms. The van der Waals surface area contributed by atoms with Crippen molar-refractivity contribution >= 4 is 16.5 Å². The van der Waals surface area contributed by atoms with Crippen LogP contribution in [0.15, 0.2) is 46.5 Å². The van der Waals surface area contributed by atoms with Crippen molar-refractivity contribution in [3.63, 3.8) is 0 Å². The van der Waals surface area contributed by atoms with Gasteiger partial charge in [0.1, 0.15) is 5.56 Å². The minimum absolute atomic E-state index is 0.00809. The van der Waals surface area contributed by atoms with Crippen LogP contribution in [-0.4, -0.2) is 31.3 Å². The molecule has 0 saturated heterocycles. The molecular formula is C25H18F8N6O2. The largest absolute Gasteiger partial charge is 0.423 e. The molecule has 3 aromatic heterocycles. The zero-order valence-corrected chi connectivity index (χ0v) is 20.6. The lowest BCUT2D eigenvalue weighted by atomic mass is 9.74. The van der Waals surface area contributed by atoms with Crippen molar-refractivity contribution in [1.29, 1.82) is 0 Å². The van der Waals surface area contributed by atoms with Gasteiger partial charge in [-0.3, -0.25) is 9.59 Å². The zero-order chi connectivity index (χ0) is 29.7. The summed E-state index contributed by atoms with van der Waals surface area (Å²) < 4.78 is 109. The standard InChI is InChI=1S/C25H18F8N6O2/c26-19-15(21-35-7-14(8-36-21)24(28,29)30)5-13-1-2-39(23(41)17(13)20(19)27)10-12-3-11(4-12)6-34-16-9-37-38-22(40)18(16)25(31,32)33/h1-2,5,7-9,11-12H,3-4,6,10H2,(H2,34,38,40)/t11-,12-. The molecule has 216 valence electrons. The number of hydrogen-bond donors (Lipinski definition) is 2. The third-order valence-corrected chi connectivity index (χ3v) is 6.88. The first kappa shape index (κ1) is 28.2. The molecule has 1 aromatic carbocycles. The molecule has 5 rings (SSSR count). The van der Waals surface area contributed by atoms with Crippen LogP contribution in [0.5, 0.6) is 0 Å². The SMILES string of the molecule is O=c1[nH]ncc(NC[C@H]2C[C@H](Cn3ccc4cc(-c5ncc(C(F)(F)F)cn5)c(F)c(F)c4c3=O)C2)c1C(F)(F)F. The Bertz CT molecular complexity index is 1720. The van der Waals surface area contributed by atoms with Gasteiger partial charge in [0.25, 0.3) is 11.1 Å². The van der Waals surface area contributed by atoms with Crippen LogP contribution < -0.4 is 16.4 Å². The monoisotopic (exact) mass is 586 g/mol.